The number of carbonyl (C=O) groups excluding carboxylic acids is 2. The Labute approximate surface area is 163 Å². The summed E-state index contributed by atoms with van der Waals surface area (Å²) in [6, 6.07) is 6.84. The van der Waals surface area contributed by atoms with Crippen LogP contribution in [0.3, 0.4) is 0 Å². The number of esters is 1. The number of amides is 1. The lowest BCUT2D eigenvalue weighted by atomic mass is 10.2. The predicted octanol–water partition coefficient (Wildman–Crippen LogP) is 1.07. The van der Waals surface area contributed by atoms with E-state index in [9.17, 15) is 9.59 Å². The van der Waals surface area contributed by atoms with Crippen LogP contribution in [-0.2, 0) is 9.47 Å². The summed E-state index contributed by atoms with van der Waals surface area (Å²) < 4.78 is 10.0. The van der Waals surface area contributed by atoms with Crippen LogP contribution < -0.4 is 10.6 Å². The number of aromatic nitrogens is 2. The van der Waals surface area contributed by atoms with Crippen LogP contribution in [0.5, 0.6) is 0 Å². The lowest BCUT2D eigenvalue weighted by Gasteiger charge is -2.26. The summed E-state index contributed by atoms with van der Waals surface area (Å²) in [4.78, 5) is 34.4. The zero-order valence-electron chi connectivity index (χ0n) is 15.7. The Morgan fingerprint density at radius 2 is 2.04 bits per heavy atom. The lowest BCUT2D eigenvalue weighted by molar-refractivity contribution is 0.0383. The van der Waals surface area contributed by atoms with Gasteiger partial charge in [0.1, 0.15) is 11.5 Å². The van der Waals surface area contributed by atoms with Crippen LogP contribution in [0.1, 0.15) is 20.8 Å². The first kappa shape index (κ1) is 19.7. The van der Waals surface area contributed by atoms with Crippen LogP contribution in [0.15, 0.2) is 36.7 Å². The van der Waals surface area contributed by atoms with Gasteiger partial charge in [0.15, 0.2) is 0 Å². The molecule has 2 heterocycles. The maximum Gasteiger partial charge on any atom is 0.337 e. The van der Waals surface area contributed by atoms with Crippen molar-refractivity contribution >= 4 is 23.4 Å². The van der Waals surface area contributed by atoms with Gasteiger partial charge in [0.25, 0.3) is 5.91 Å². The minimum absolute atomic E-state index is 0.246. The molecule has 9 nitrogen and oxygen atoms in total. The normalized spacial score (nSPS) is 14.3. The van der Waals surface area contributed by atoms with Crippen molar-refractivity contribution in [1.29, 1.82) is 0 Å². The monoisotopic (exact) mass is 385 g/mol. The van der Waals surface area contributed by atoms with Crippen LogP contribution in [0.4, 0.5) is 11.5 Å². The molecule has 0 radical (unpaired) electrons. The second-order valence-electron chi connectivity index (χ2n) is 6.19. The maximum atomic E-state index is 12.2. The zero-order valence-corrected chi connectivity index (χ0v) is 15.7. The summed E-state index contributed by atoms with van der Waals surface area (Å²) in [5, 5.41) is 5.89. The van der Waals surface area contributed by atoms with Gasteiger partial charge in [-0.1, -0.05) is 6.07 Å². The van der Waals surface area contributed by atoms with Gasteiger partial charge in [0, 0.05) is 31.9 Å². The first-order chi connectivity index (χ1) is 13.7. The topological polar surface area (TPSA) is 106 Å². The standard InChI is InChI=1S/C19H23N5O4/c1-27-19(26)14-3-2-4-15(11-14)23-17-13-21-16(12-22-17)18(25)20-5-6-24-7-9-28-10-8-24/h2-4,11-13H,5-10H2,1H3,(H,20,25)(H,22,23). The highest BCUT2D eigenvalue weighted by molar-refractivity contribution is 5.92. The van der Waals surface area contributed by atoms with E-state index >= 15 is 0 Å². The molecule has 0 bridgehead atoms. The van der Waals surface area contributed by atoms with E-state index in [0.717, 1.165) is 32.8 Å². The van der Waals surface area contributed by atoms with Gasteiger partial charge in [0.2, 0.25) is 0 Å². The van der Waals surface area contributed by atoms with Gasteiger partial charge >= 0.3 is 5.97 Å². The second-order valence-corrected chi connectivity index (χ2v) is 6.19. The Morgan fingerprint density at radius 1 is 1.21 bits per heavy atom. The lowest BCUT2D eigenvalue weighted by Crippen LogP contribution is -2.41. The average molecular weight is 385 g/mol. The Hall–Kier alpha value is -3.04. The van der Waals surface area contributed by atoms with Gasteiger partial charge in [-0.05, 0) is 18.2 Å². The summed E-state index contributed by atoms with van der Waals surface area (Å²) in [6.07, 6.45) is 2.89. The number of nitrogens with one attached hydrogen (secondary N) is 2. The molecular formula is C19H23N5O4. The van der Waals surface area contributed by atoms with Gasteiger partial charge in [-0.15, -0.1) is 0 Å². The van der Waals surface area contributed by atoms with E-state index in [1.807, 2.05) is 0 Å². The van der Waals surface area contributed by atoms with Crippen molar-refractivity contribution in [3.05, 3.63) is 47.9 Å². The third-order valence-corrected chi connectivity index (χ3v) is 4.26. The second kappa shape index (κ2) is 9.77. The van der Waals surface area contributed by atoms with Gasteiger partial charge < -0.3 is 20.1 Å². The highest BCUT2D eigenvalue weighted by Gasteiger charge is 2.12. The van der Waals surface area contributed by atoms with Gasteiger partial charge in [-0.25, -0.2) is 14.8 Å². The molecule has 1 fully saturated rings. The Bertz CT molecular complexity index is 806. The quantitative estimate of drug-likeness (QED) is 0.682. The minimum Gasteiger partial charge on any atom is -0.465 e. The maximum absolute atomic E-state index is 12.2. The highest BCUT2D eigenvalue weighted by atomic mass is 16.5. The summed E-state index contributed by atoms with van der Waals surface area (Å²) in [7, 11) is 1.33. The SMILES string of the molecule is COC(=O)c1cccc(Nc2cnc(C(=O)NCCN3CCOCC3)cn2)c1. The summed E-state index contributed by atoms with van der Waals surface area (Å²) in [5.74, 6) is -0.217. The van der Waals surface area contributed by atoms with Crippen molar-refractivity contribution in [2.75, 3.05) is 51.8 Å². The van der Waals surface area contributed by atoms with Crippen molar-refractivity contribution in [2.45, 2.75) is 0 Å². The number of morpholine rings is 1. The number of ether oxygens (including phenoxy) is 2. The Balaban J connectivity index is 1.51. The number of hydrogen-bond acceptors (Lipinski definition) is 8. The van der Waals surface area contributed by atoms with Gasteiger partial charge in [0.05, 0.1) is 38.3 Å². The van der Waals surface area contributed by atoms with Crippen LogP contribution in [0.25, 0.3) is 0 Å². The van der Waals surface area contributed by atoms with E-state index < -0.39 is 5.97 Å². The number of anilines is 2. The number of methoxy groups -OCH3 is 1. The smallest absolute Gasteiger partial charge is 0.337 e. The Morgan fingerprint density at radius 3 is 2.75 bits per heavy atom. The molecule has 1 aliphatic rings. The molecule has 148 valence electrons. The molecule has 28 heavy (non-hydrogen) atoms. The minimum atomic E-state index is -0.418. The molecule has 0 spiro atoms. The number of benzene rings is 1. The van der Waals surface area contributed by atoms with Crippen LogP contribution in [0, 0.1) is 0 Å². The van der Waals surface area contributed by atoms with Crippen molar-refractivity contribution in [1.82, 2.24) is 20.2 Å². The predicted molar refractivity (Wildman–Crippen MR) is 103 cm³/mol. The molecular weight excluding hydrogens is 362 g/mol. The molecule has 1 aromatic carbocycles. The summed E-state index contributed by atoms with van der Waals surface area (Å²) in [6.45, 7) is 4.55. The van der Waals surface area contributed by atoms with Gasteiger partial charge in [-0.3, -0.25) is 9.69 Å². The van der Waals surface area contributed by atoms with E-state index in [4.69, 9.17) is 9.47 Å². The summed E-state index contributed by atoms with van der Waals surface area (Å²) in [5.41, 5.74) is 1.34. The fourth-order valence-electron chi connectivity index (χ4n) is 2.74. The van der Waals surface area contributed by atoms with E-state index in [0.29, 0.717) is 23.6 Å². The van der Waals surface area contributed by atoms with E-state index in [-0.39, 0.29) is 11.6 Å². The molecule has 0 aliphatic carbocycles. The van der Waals surface area contributed by atoms with Crippen LogP contribution in [0.2, 0.25) is 0 Å². The molecule has 1 aromatic heterocycles. The van der Waals surface area contributed by atoms with E-state index in [2.05, 4.69) is 25.5 Å². The van der Waals surface area contributed by atoms with Crippen molar-refractivity contribution in [3.8, 4) is 0 Å². The Kier molecular flexibility index (Phi) is 6.88. The zero-order chi connectivity index (χ0) is 19.8. The van der Waals surface area contributed by atoms with Crippen molar-refractivity contribution in [3.63, 3.8) is 0 Å². The van der Waals surface area contributed by atoms with E-state index in [1.54, 1.807) is 24.3 Å². The number of rotatable bonds is 7. The number of nitrogens with zero attached hydrogens (tertiary/aromatic N) is 3. The molecule has 1 aliphatic heterocycles. The first-order valence-corrected chi connectivity index (χ1v) is 9.01. The van der Waals surface area contributed by atoms with Crippen LogP contribution >= 0.6 is 0 Å². The third-order valence-electron chi connectivity index (χ3n) is 4.26. The molecule has 1 amide bonds. The molecule has 0 unspecified atom stereocenters. The van der Waals surface area contributed by atoms with Crippen molar-refractivity contribution in [2.24, 2.45) is 0 Å². The summed E-state index contributed by atoms with van der Waals surface area (Å²) >= 11 is 0. The van der Waals surface area contributed by atoms with Crippen molar-refractivity contribution < 1.29 is 19.1 Å². The fraction of sp³-hybridized carbons (Fsp3) is 0.368. The van der Waals surface area contributed by atoms with Crippen LogP contribution in [-0.4, -0.2) is 73.2 Å². The number of carbonyl (C=O) groups is 2. The molecule has 2 aromatic rings. The molecule has 0 saturated carbocycles. The number of hydrogen-bond donors (Lipinski definition) is 2. The molecule has 9 heteroatoms. The average Bonchev–Trinajstić information content (AvgIpc) is 2.74. The van der Waals surface area contributed by atoms with E-state index in [1.165, 1.54) is 19.5 Å². The molecule has 3 rings (SSSR count). The molecule has 2 N–H and O–H groups in total. The molecule has 0 atom stereocenters. The first-order valence-electron chi connectivity index (χ1n) is 9.01. The fourth-order valence-corrected chi connectivity index (χ4v) is 2.74. The highest BCUT2D eigenvalue weighted by Crippen LogP contribution is 2.16. The largest absolute Gasteiger partial charge is 0.465 e. The third kappa shape index (κ3) is 5.48. The van der Waals surface area contributed by atoms with Gasteiger partial charge in [-0.2, -0.15) is 0 Å². The molecule has 1 saturated heterocycles.